The van der Waals surface area contributed by atoms with E-state index in [0.717, 1.165) is 29.9 Å². The Morgan fingerprint density at radius 3 is 0.680 bits per heavy atom. The van der Waals surface area contributed by atoms with Gasteiger partial charge in [0.05, 0.1) is 29.3 Å². The van der Waals surface area contributed by atoms with Crippen LogP contribution in [0.3, 0.4) is 0 Å². The molecule has 0 aliphatic heterocycles. The van der Waals surface area contributed by atoms with Crippen LogP contribution in [0.15, 0.2) is 244 Å². The molecule has 20 aromatic heterocycles. The first-order chi connectivity index (χ1) is 50.8. The molecule has 0 saturated carbocycles. The molecule has 0 aromatic carbocycles. The predicted octanol–water partition coefficient (Wildman–Crippen LogP) is 34.3. The summed E-state index contributed by atoms with van der Waals surface area (Å²) in [5.41, 5.74) is 7.31. The van der Waals surface area contributed by atoms with Gasteiger partial charge in [-0.15, -0.1) is 227 Å². The summed E-state index contributed by atoms with van der Waals surface area (Å²) < 4.78 is 0. The highest BCUT2D eigenvalue weighted by Gasteiger charge is 2.28. The number of thiophene rings is 20. The van der Waals surface area contributed by atoms with Crippen LogP contribution in [0.5, 0.6) is 0 Å². The SMILES string of the molecule is O=C(O)c1cc(-c2ccc(-c3cc(-c4ccc(-c5cc(-c6cccs6)c(-c6cccs6)s5)s4)c(-c4ccc(-c5cc(-c6cccs6)c(-c6cccs6)s5)s4)s3)s2)c(-c2ccc(-c3cc(-c4ccc(-c5cc(-c6cccs6)c(-c6cccs6)s5)s4)c(-c4ccc(-c5ccc(-c6cccs6)s5)s4)s3)s2)s1. The number of carboxylic acids is 1. The van der Waals surface area contributed by atoms with Crippen LogP contribution in [0.4, 0.5) is 0 Å². The maximum Gasteiger partial charge on any atom is 0.345 e. The minimum atomic E-state index is -0.915. The van der Waals surface area contributed by atoms with Gasteiger partial charge in [0.2, 0.25) is 0 Å². The molecular formula is C81H42O2S20. The minimum absolute atomic E-state index is 0.329. The fraction of sp³-hybridized carbons (Fsp3) is 0. The molecule has 20 rings (SSSR count). The summed E-state index contributed by atoms with van der Waals surface area (Å²) in [6.45, 7) is 0. The highest BCUT2D eigenvalue weighted by molar-refractivity contribution is 7.34. The molecule has 1 N–H and O–H groups in total. The van der Waals surface area contributed by atoms with E-state index in [-0.39, 0.29) is 0 Å². The Labute approximate surface area is 672 Å². The van der Waals surface area contributed by atoms with E-state index in [1.807, 2.05) is 119 Å². The number of hydrogen-bond acceptors (Lipinski definition) is 21. The van der Waals surface area contributed by atoms with E-state index >= 15 is 0 Å². The van der Waals surface area contributed by atoms with E-state index in [9.17, 15) is 9.90 Å². The Balaban J connectivity index is 0.656. The zero-order valence-electron chi connectivity index (χ0n) is 52.7. The zero-order chi connectivity index (χ0) is 68.2. The third-order valence-electron chi connectivity index (χ3n) is 17.1. The van der Waals surface area contributed by atoms with Gasteiger partial charge in [-0.3, -0.25) is 0 Å². The molecule has 0 radical (unpaired) electrons. The van der Waals surface area contributed by atoms with Crippen molar-refractivity contribution in [2.45, 2.75) is 0 Å². The normalized spacial score (nSPS) is 11.8. The van der Waals surface area contributed by atoms with Gasteiger partial charge in [0.15, 0.2) is 0 Å². The van der Waals surface area contributed by atoms with E-state index in [2.05, 4.69) is 238 Å². The van der Waals surface area contributed by atoms with Crippen molar-refractivity contribution in [1.29, 1.82) is 0 Å². The van der Waals surface area contributed by atoms with Crippen LogP contribution >= 0.6 is 227 Å². The van der Waals surface area contributed by atoms with E-state index in [1.165, 1.54) is 171 Å². The summed E-state index contributed by atoms with van der Waals surface area (Å²) >= 11 is 36.2. The molecule has 498 valence electrons. The summed E-state index contributed by atoms with van der Waals surface area (Å²) in [6.07, 6.45) is 0. The third kappa shape index (κ3) is 12.6. The van der Waals surface area contributed by atoms with Crippen LogP contribution in [0, 0.1) is 0 Å². The molecule has 0 spiro atoms. The summed E-state index contributed by atoms with van der Waals surface area (Å²) in [5.74, 6) is -0.915. The molecule has 2 nitrogen and oxygen atoms in total. The smallest absolute Gasteiger partial charge is 0.345 e. The average molecular weight is 1690 g/mol. The van der Waals surface area contributed by atoms with Crippen LogP contribution in [0.25, 0.3) is 189 Å². The highest BCUT2D eigenvalue weighted by Crippen LogP contribution is 2.58. The Morgan fingerprint density at radius 2 is 0.388 bits per heavy atom. The van der Waals surface area contributed by atoms with Gasteiger partial charge >= 0.3 is 5.97 Å². The first-order valence-corrected chi connectivity index (χ1v) is 48.6. The van der Waals surface area contributed by atoms with Crippen molar-refractivity contribution >= 4 is 233 Å². The van der Waals surface area contributed by atoms with Crippen LogP contribution in [0.1, 0.15) is 9.67 Å². The summed E-state index contributed by atoms with van der Waals surface area (Å²) in [4.78, 5) is 53.2. The third-order valence-corrected chi connectivity index (χ3v) is 40.3. The molecule has 0 aliphatic carbocycles. The molecule has 0 unspecified atom stereocenters. The van der Waals surface area contributed by atoms with Crippen molar-refractivity contribution in [2.24, 2.45) is 0 Å². The van der Waals surface area contributed by atoms with Crippen molar-refractivity contribution in [1.82, 2.24) is 0 Å². The number of carboxylic acid groups (broad SMARTS) is 1. The largest absolute Gasteiger partial charge is 0.477 e. The maximum atomic E-state index is 13.1. The maximum absolute atomic E-state index is 13.1. The second-order valence-corrected chi connectivity index (χ2v) is 43.9. The summed E-state index contributed by atoms with van der Waals surface area (Å²) in [7, 11) is 0. The van der Waals surface area contributed by atoms with Crippen molar-refractivity contribution in [3.8, 4) is 189 Å². The minimum Gasteiger partial charge on any atom is -0.477 e. The molecular weight excluding hydrogens is 1650 g/mol. The Hall–Kier alpha value is -6.53. The quantitative estimate of drug-likeness (QED) is 0.0826. The van der Waals surface area contributed by atoms with Gasteiger partial charge in [-0.25, -0.2) is 4.79 Å². The van der Waals surface area contributed by atoms with Gasteiger partial charge < -0.3 is 5.11 Å². The van der Waals surface area contributed by atoms with Gasteiger partial charge in [0.1, 0.15) is 4.88 Å². The molecule has 103 heavy (non-hydrogen) atoms. The lowest BCUT2D eigenvalue weighted by molar-refractivity contribution is 0.0702. The van der Waals surface area contributed by atoms with Gasteiger partial charge in [-0.2, -0.15) is 0 Å². The van der Waals surface area contributed by atoms with Crippen molar-refractivity contribution in [3.05, 3.63) is 249 Å². The van der Waals surface area contributed by atoms with Crippen molar-refractivity contribution in [3.63, 3.8) is 0 Å². The average Bonchev–Trinajstić information content (AvgIpc) is 1.63. The monoisotopic (exact) mass is 1690 g/mol. The lowest BCUT2D eigenvalue weighted by Gasteiger charge is -1.99. The lowest BCUT2D eigenvalue weighted by atomic mass is 10.1. The standard InChI is InChI=1S/C81H42O2S20/c82-81(83)74-41-47(80(103-74)68-28-25-62(97-68)73-40-46(78(102-73)66-26-23-57(95-66)56-22-21-55(94-56)54-11-4-32-87-54)52-16-19-59(92-52)70-37-43(49-9-2-30-85-49)76(99-70)64-13-6-34-89-64)53-17-20-60(93-53)72-39-45(51-15-18-58(91-51)69-36-42(48-8-1-29-84-48)75(98-69)63-12-5-33-88-63)79(101-72)67-27-24-61(96-67)71-38-44(50-10-3-31-86-50)77(100-71)65-14-7-35-90-65/h1-41H,(H,82,83). The topological polar surface area (TPSA) is 37.3 Å². The van der Waals surface area contributed by atoms with Gasteiger partial charge in [-0.1, -0.05) is 42.5 Å². The van der Waals surface area contributed by atoms with Crippen molar-refractivity contribution < 1.29 is 9.90 Å². The molecule has 0 saturated heterocycles. The molecule has 0 atom stereocenters. The molecule has 0 aliphatic rings. The number of hydrogen-bond donors (Lipinski definition) is 1. The van der Waals surface area contributed by atoms with E-state index in [1.54, 1.807) is 102 Å². The van der Waals surface area contributed by atoms with Gasteiger partial charge in [0, 0.05) is 160 Å². The number of carbonyl (C=O) groups is 1. The molecule has 20 heterocycles. The Morgan fingerprint density at radius 1 is 0.184 bits per heavy atom. The molecule has 0 amide bonds. The fourth-order valence-corrected chi connectivity index (χ4v) is 33.3. The second-order valence-electron chi connectivity index (χ2n) is 23.4. The Kier molecular flexibility index (Phi) is 17.9. The van der Waals surface area contributed by atoms with E-state index in [4.69, 9.17) is 0 Å². The van der Waals surface area contributed by atoms with Crippen LogP contribution in [0.2, 0.25) is 0 Å². The lowest BCUT2D eigenvalue weighted by Crippen LogP contribution is -1.89. The first-order valence-electron chi connectivity index (χ1n) is 31.8. The zero-order valence-corrected chi connectivity index (χ0v) is 69.0. The van der Waals surface area contributed by atoms with Crippen LogP contribution in [-0.2, 0) is 0 Å². The molecule has 0 fully saturated rings. The number of aromatic carboxylic acids is 1. The second kappa shape index (κ2) is 28.0. The molecule has 0 bridgehead atoms. The predicted molar refractivity (Wildman–Crippen MR) is 474 cm³/mol. The summed E-state index contributed by atoms with van der Waals surface area (Å²) in [6, 6.07) is 76.6. The number of rotatable bonds is 20. The highest BCUT2D eigenvalue weighted by atomic mass is 32.2. The van der Waals surface area contributed by atoms with Crippen LogP contribution in [-0.4, -0.2) is 11.1 Å². The summed E-state index contributed by atoms with van der Waals surface area (Å²) in [5, 5.41) is 26.0. The fourth-order valence-electron chi connectivity index (χ4n) is 12.4. The Bertz CT molecular complexity index is 6010. The van der Waals surface area contributed by atoms with Crippen LogP contribution < -0.4 is 0 Å². The molecule has 22 heteroatoms. The van der Waals surface area contributed by atoms with Gasteiger partial charge in [0.25, 0.3) is 0 Å². The first kappa shape index (κ1) is 65.9. The van der Waals surface area contributed by atoms with E-state index < -0.39 is 5.97 Å². The van der Waals surface area contributed by atoms with Gasteiger partial charge in [-0.05, 0) is 201 Å². The van der Waals surface area contributed by atoms with E-state index in [0.29, 0.717) is 4.88 Å². The molecule has 20 aromatic rings. The van der Waals surface area contributed by atoms with Crippen molar-refractivity contribution in [2.75, 3.05) is 0 Å².